The maximum Gasteiger partial charge on any atom is 0.255 e. The molecule has 0 fully saturated rings. The minimum absolute atomic E-state index is 0.124. The average molecular weight is 375 g/mol. The monoisotopic (exact) mass is 375 g/mol. The number of rotatable bonds is 5. The Hall–Kier alpha value is -2.38. The van der Waals surface area contributed by atoms with E-state index in [1.807, 2.05) is 43.3 Å². The standard InChI is InChI=1S/C19H25N3O3S/c1-19(2,3)21-26(24,25)17-12-6-14(7-13-17)18(23)20-15-8-10-16(11-9-15)22(4)5/h6-13,21H,1-5H3,(H,20,23). The first kappa shape index (κ1) is 19.9. The third kappa shape index (κ3) is 5.31. The first-order chi connectivity index (χ1) is 12.0. The number of carbonyl (C=O) groups excluding carboxylic acids is 1. The predicted octanol–water partition coefficient (Wildman–Crippen LogP) is 3.08. The third-order valence-electron chi connectivity index (χ3n) is 3.51. The number of carbonyl (C=O) groups is 1. The molecular formula is C19H25N3O3S. The zero-order valence-corrected chi connectivity index (χ0v) is 16.5. The summed E-state index contributed by atoms with van der Waals surface area (Å²) in [6, 6.07) is 13.3. The number of anilines is 2. The number of hydrogen-bond acceptors (Lipinski definition) is 4. The molecular weight excluding hydrogens is 350 g/mol. The van der Waals surface area contributed by atoms with Crippen LogP contribution >= 0.6 is 0 Å². The van der Waals surface area contributed by atoms with Crippen molar-refractivity contribution in [2.45, 2.75) is 31.2 Å². The third-order valence-corrected chi connectivity index (χ3v) is 5.28. The fourth-order valence-electron chi connectivity index (χ4n) is 2.29. The highest BCUT2D eigenvalue weighted by atomic mass is 32.2. The normalized spacial score (nSPS) is 11.9. The fourth-order valence-corrected chi connectivity index (χ4v) is 3.71. The molecule has 0 aliphatic heterocycles. The lowest BCUT2D eigenvalue weighted by Crippen LogP contribution is -2.40. The van der Waals surface area contributed by atoms with Crippen LogP contribution in [0.5, 0.6) is 0 Å². The molecule has 0 radical (unpaired) electrons. The van der Waals surface area contributed by atoms with Crippen molar-refractivity contribution in [2.24, 2.45) is 0 Å². The zero-order valence-electron chi connectivity index (χ0n) is 15.7. The number of amides is 1. The molecule has 0 saturated heterocycles. The van der Waals surface area contributed by atoms with Gasteiger partial charge in [-0.3, -0.25) is 4.79 Å². The molecule has 1 amide bonds. The minimum Gasteiger partial charge on any atom is -0.378 e. The molecule has 0 aliphatic rings. The van der Waals surface area contributed by atoms with E-state index in [0.717, 1.165) is 5.69 Å². The highest BCUT2D eigenvalue weighted by Crippen LogP contribution is 2.18. The molecule has 0 bridgehead atoms. The van der Waals surface area contributed by atoms with Gasteiger partial charge in [0.2, 0.25) is 10.0 Å². The molecule has 0 aromatic heterocycles. The zero-order chi connectivity index (χ0) is 19.5. The molecule has 0 aliphatic carbocycles. The van der Waals surface area contributed by atoms with Gasteiger partial charge in [0.1, 0.15) is 0 Å². The first-order valence-electron chi connectivity index (χ1n) is 8.21. The largest absolute Gasteiger partial charge is 0.378 e. The van der Waals surface area contributed by atoms with Gasteiger partial charge in [0, 0.05) is 36.6 Å². The predicted molar refractivity (Wildman–Crippen MR) is 105 cm³/mol. The van der Waals surface area contributed by atoms with Gasteiger partial charge in [-0.2, -0.15) is 0 Å². The summed E-state index contributed by atoms with van der Waals surface area (Å²) in [6.07, 6.45) is 0. The Kier molecular flexibility index (Phi) is 5.73. The highest BCUT2D eigenvalue weighted by molar-refractivity contribution is 7.89. The fraction of sp³-hybridized carbons (Fsp3) is 0.316. The van der Waals surface area contributed by atoms with Crippen molar-refractivity contribution in [1.29, 1.82) is 0 Å². The quantitative estimate of drug-likeness (QED) is 0.842. The van der Waals surface area contributed by atoms with Crippen LogP contribution in [0.1, 0.15) is 31.1 Å². The molecule has 0 unspecified atom stereocenters. The van der Waals surface area contributed by atoms with Gasteiger partial charge in [-0.25, -0.2) is 13.1 Å². The van der Waals surface area contributed by atoms with Crippen LogP contribution in [0.15, 0.2) is 53.4 Å². The van der Waals surface area contributed by atoms with Crippen LogP contribution in [-0.2, 0) is 10.0 Å². The lowest BCUT2D eigenvalue weighted by Gasteiger charge is -2.20. The second-order valence-corrected chi connectivity index (χ2v) is 8.96. The van der Waals surface area contributed by atoms with Crippen molar-refractivity contribution >= 4 is 27.3 Å². The van der Waals surface area contributed by atoms with Crippen molar-refractivity contribution in [3.63, 3.8) is 0 Å². The molecule has 0 saturated carbocycles. The molecule has 6 nitrogen and oxygen atoms in total. The van der Waals surface area contributed by atoms with Gasteiger partial charge in [0.05, 0.1) is 4.90 Å². The summed E-state index contributed by atoms with van der Waals surface area (Å²) in [5.74, 6) is -0.296. The van der Waals surface area contributed by atoms with Gasteiger partial charge in [-0.05, 0) is 69.3 Å². The first-order valence-corrected chi connectivity index (χ1v) is 9.69. The van der Waals surface area contributed by atoms with Crippen LogP contribution in [0.2, 0.25) is 0 Å². The van der Waals surface area contributed by atoms with Gasteiger partial charge in [-0.1, -0.05) is 0 Å². The molecule has 140 valence electrons. The Balaban J connectivity index is 2.11. The maximum atomic E-state index is 12.3. The molecule has 0 spiro atoms. The molecule has 2 rings (SSSR count). The Morgan fingerprint density at radius 1 is 0.923 bits per heavy atom. The van der Waals surface area contributed by atoms with Gasteiger partial charge < -0.3 is 10.2 Å². The van der Waals surface area contributed by atoms with Crippen LogP contribution in [0.3, 0.4) is 0 Å². The highest BCUT2D eigenvalue weighted by Gasteiger charge is 2.22. The van der Waals surface area contributed by atoms with Gasteiger partial charge in [0.25, 0.3) is 5.91 Å². The minimum atomic E-state index is -3.62. The summed E-state index contributed by atoms with van der Waals surface area (Å²) in [6.45, 7) is 5.32. The number of hydrogen-bond donors (Lipinski definition) is 2. The number of sulfonamides is 1. The van der Waals surface area contributed by atoms with Crippen LogP contribution in [0.4, 0.5) is 11.4 Å². The molecule has 7 heteroatoms. The second-order valence-electron chi connectivity index (χ2n) is 7.28. The summed E-state index contributed by atoms with van der Waals surface area (Å²) in [5.41, 5.74) is 1.51. The number of benzene rings is 2. The van der Waals surface area contributed by atoms with Gasteiger partial charge >= 0.3 is 0 Å². The van der Waals surface area contributed by atoms with Gasteiger partial charge in [0.15, 0.2) is 0 Å². The maximum absolute atomic E-state index is 12.3. The second kappa shape index (κ2) is 7.47. The molecule has 26 heavy (non-hydrogen) atoms. The van der Waals surface area contributed by atoms with Crippen LogP contribution < -0.4 is 14.9 Å². The molecule has 2 aromatic carbocycles. The molecule has 0 heterocycles. The molecule has 0 atom stereocenters. The van der Waals surface area contributed by atoms with E-state index >= 15 is 0 Å². The van der Waals surface area contributed by atoms with E-state index in [-0.39, 0.29) is 10.8 Å². The summed E-state index contributed by atoms with van der Waals surface area (Å²) in [5, 5.41) is 2.80. The Labute approximate surface area is 155 Å². The van der Waals surface area contributed by atoms with Crippen molar-refractivity contribution in [2.75, 3.05) is 24.3 Å². The van der Waals surface area contributed by atoms with E-state index in [1.54, 1.807) is 20.8 Å². The van der Waals surface area contributed by atoms with E-state index in [0.29, 0.717) is 11.3 Å². The molecule has 2 N–H and O–H groups in total. The molecule has 2 aromatic rings. The Morgan fingerprint density at radius 3 is 1.92 bits per heavy atom. The van der Waals surface area contributed by atoms with Crippen molar-refractivity contribution < 1.29 is 13.2 Å². The summed E-state index contributed by atoms with van der Waals surface area (Å²) < 4.78 is 27.2. The van der Waals surface area contributed by atoms with E-state index < -0.39 is 15.6 Å². The van der Waals surface area contributed by atoms with E-state index in [9.17, 15) is 13.2 Å². The Bertz CT molecular complexity index is 866. The number of nitrogens with one attached hydrogen (secondary N) is 2. The van der Waals surface area contributed by atoms with Crippen molar-refractivity contribution in [3.8, 4) is 0 Å². The summed E-state index contributed by atoms with van der Waals surface area (Å²) >= 11 is 0. The van der Waals surface area contributed by atoms with E-state index in [4.69, 9.17) is 0 Å². The van der Waals surface area contributed by atoms with Crippen LogP contribution in [0.25, 0.3) is 0 Å². The lowest BCUT2D eigenvalue weighted by molar-refractivity contribution is 0.102. The van der Waals surface area contributed by atoms with Crippen LogP contribution in [-0.4, -0.2) is 34.0 Å². The van der Waals surface area contributed by atoms with E-state index in [2.05, 4.69) is 10.0 Å². The SMILES string of the molecule is CN(C)c1ccc(NC(=O)c2ccc(S(=O)(=O)NC(C)(C)C)cc2)cc1. The van der Waals surface area contributed by atoms with Crippen molar-refractivity contribution in [1.82, 2.24) is 4.72 Å². The smallest absolute Gasteiger partial charge is 0.255 e. The van der Waals surface area contributed by atoms with E-state index in [1.165, 1.54) is 24.3 Å². The number of nitrogens with zero attached hydrogens (tertiary/aromatic N) is 1. The van der Waals surface area contributed by atoms with Crippen molar-refractivity contribution in [3.05, 3.63) is 54.1 Å². The van der Waals surface area contributed by atoms with Gasteiger partial charge in [-0.15, -0.1) is 0 Å². The Morgan fingerprint density at radius 2 is 1.46 bits per heavy atom. The lowest BCUT2D eigenvalue weighted by atomic mass is 10.1. The van der Waals surface area contributed by atoms with Crippen LogP contribution in [0, 0.1) is 0 Å². The summed E-state index contributed by atoms with van der Waals surface area (Å²) in [7, 11) is 0.266. The topological polar surface area (TPSA) is 78.5 Å². The summed E-state index contributed by atoms with van der Waals surface area (Å²) in [4.78, 5) is 14.4. The average Bonchev–Trinajstić information content (AvgIpc) is 2.53.